The molecule has 0 aromatic carbocycles. The van der Waals surface area contributed by atoms with Gasteiger partial charge in [0.1, 0.15) is 11.7 Å². The predicted molar refractivity (Wildman–Crippen MR) is 140 cm³/mol. The van der Waals surface area contributed by atoms with Gasteiger partial charge in [0.2, 0.25) is 0 Å². The highest BCUT2D eigenvalue weighted by molar-refractivity contribution is 5.75. The van der Waals surface area contributed by atoms with Crippen LogP contribution in [0.3, 0.4) is 0 Å². The highest BCUT2D eigenvalue weighted by Crippen LogP contribution is 2.60. The lowest BCUT2D eigenvalue weighted by Crippen LogP contribution is -2.59. The van der Waals surface area contributed by atoms with E-state index >= 15 is 0 Å². The van der Waals surface area contributed by atoms with Gasteiger partial charge in [0.25, 0.3) is 0 Å². The molecule has 1 saturated carbocycles. The Labute approximate surface area is 221 Å². The summed E-state index contributed by atoms with van der Waals surface area (Å²) in [4.78, 5) is 15.6. The molecule has 1 spiro atoms. The van der Waals surface area contributed by atoms with E-state index in [1.54, 1.807) is 6.92 Å². The van der Waals surface area contributed by atoms with Gasteiger partial charge in [-0.15, -0.1) is 0 Å². The average molecular weight is 519 g/mol. The van der Waals surface area contributed by atoms with Gasteiger partial charge in [-0.05, 0) is 51.8 Å². The number of cyclic esters (lactones) is 1. The van der Waals surface area contributed by atoms with Gasteiger partial charge in [-0.1, -0.05) is 32.1 Å². The Morgan fingerprint density at radius 3 is 2.68 bits per heavy atom. The number of carbonyl (C=O) groups is 1. The lowest BCUT2D eigenvalue weighted by Gasteiger charge is -2.49. The number of ether oxygens (including phenoxy) is 3. The molecule has 3 heterocycles. The Bertz CT molecular complexity index is 901. The minimum atomic E-state index is -0.828. The summed E-state index contributed by atoms with van der Waals surface area (Å²) in [5.41, 5.74) is 0.295. The summed E-state index contributed by atoms with van der Waals surface area (Å²) in [7, 11) is 1.52. The fraction of sp³-hybridized carbons (Fsp3) is 0.828. The second kappa shape index (κ2) is 10.7. The maximum absolute atomic E-state index is 13.1. The van der Waals surface area contributed by atoms with Crippen LogP contribution >= 0.6 is 0 Å². The van der Waals surface area contributed by atoms with Crippen molar-refractivity contribution in [3.63, 3.8) is 0 Å². The molecular formula is C29H46N2O6. The van der Waals surface area contributed by atoms with Crippen molar-refractivity contribution in [1.82, 2.24) is 10.2 Å². The van der Waals surface area contributed by atoms with Crippen LogP contribution in [0.1, 0.15) is 47.0 Å². The number of likely N-dealkylation sites (tertiary alicyclic amines) is 1. The highest BCUT2D eigenvalue weighted by Gasteiger charge is 2.68. The van der Waals surface area contributed by atoms with Crippen molar-refractivity contribution in [2.24, 2.45) is 29.6 Å². The molecule has 3 aliphatic heterocycles. The highest BCUT2D eigenvalue weighted by atomic mass is 16.6. The standard InChI is InChI=1S/C29H46N2O6/c1-16-14-17(2)29-20(15-22(35-5)28(34)36-26(16)19(4)32)8-9-21-23(29)25(33)18(3)24(27(21)37-29)30-10-13-31-11-6-7-12-31/h8-9,14,16,18-27,30,32-33H,6-7,10-13,15H2,1-5H3/b17-14+/t16-,18?,19-,20-,21-,22+,23+,24+,25-,26+,27-,29+/m1/s1. The molecule has 12 atom stereocenters. The minimum Gasteiger partial charge on any atom is -0.457 e. The maximum atomic E-state index is 13.1. The van der Waals surface area contributed by atoms with Crippen molar-refractivity contribution in [3.8, 4) is 0 Å². The minimum absolute atomic E-state index is 0.0328. The summed E-state index contributed by atoms with van der Waals surface area (Å²) in [5.74, 6) is -0.824. The molecule has 0 aromatic rings. The van der Waals surface area contributed by atoms with Gasteiger partial charge in [0, 0.05) is 55.8 Å². The molecule has 208 valence electrons. The van der Waals surface area contributed by atoms with Gasteiger partial charge in [-0.25, -0.2) is 4.79 Å². The van der Waals surface area contributed by atoms with Crippen LogP contribution in [0.5, 0.6) is 0 Å². The quantitative estimate of drug-likeness (QED) is 0.362. The van der Waals surface area contributed by atoms with E-state index < -0.39 is 36.0 Å². The maximum Gasteiger partial charge on any atom is 0.335 e. The molecule has 4 bridgehead atoms. The summed E-state index contributed by atoms with van der Waals surface area (Å²) in [6.45, 7) is 12.0. The zero-order valence-electron chi connectivity index (χ0n) is 23.0. The Morgan fingerprint density at radius 1 is 1.27 bits per heavy atom. The molecular weight excluding hydrogens is 472 g/mol. The van der Waals surface area contributed by atoms with Crippen molar-refractivity contribution in [2.45, 2.75) is 89.1 Å². The van der Waals surface area contributed by atoms with Crippen LogP contribution in [0.4, 0.5) is 0 Å². The zero-order valence-corrected chi connectivity index (χ0v) is 23.0. The summed E-state index contributed by atoms with van der Waals surface area (Å²) < 4.78 is 18.5. The average Bonchev–Trinajstić information content (AvgIpc) is 3.44. The molecule has 2 saturated heterocycles. The van der Waals surface area contributed by atoms with Crippen molar-refractivity contribution >= 4 is 5.97 Å². The fourth-order valence-electron chi connectivity index (χ4n) is 8.07. The number of methoxy groups -OCH3 is 1. The third kappa shape index (κ3) is 4.61. The molecule has 5 aliphatic rings. The van der Waals surface area contributed by atoms with E-state index in [9.17, 15) is 15.0 Å². The number of rotatable bonds is 6. The van der Waals surface area contributed by atoms with E-state index in [1.807, 2.05) is 6.92 Å². The van der Waals surface area contributed by atoms with E-state index in [2.05, 4.69) is 42.3 Å². The molecule has 37 heavy (non-hydrogen) atoms. The van der Waals surface area contributed by atoms with E-state index in [-0.39, 0.29) is 41.7 Å². The van der Waals surface area contributed by atoms with Crippen LogP contribution in [-0.4, -0.2) is 96.5 Å². The van der Waals surface area contributed by atoms with Crippen LogP contribution in [0.15, 0.2) is 23.8 Å². The Hall–Kier alpha value is -1.29. The van der Waals surface area contributed by atoms with Crippen LogP contribution in [-0.2, 0) is 19.0 Å². The molecule has 8 nitrogen and oxygen atoms in total. The molecule has 0 amide bonds. The smallest absolute Gasteiger partial charge is 0.335 e. The lowest BCUT2D eigenvalue weighted by molar-refractivity contribution is -0.172. The fourth-order valence-corrected chi connectivity index (χ4v) is 8.07. The van der Waals surface area contributed by atoms with E-state index in [4.69, 9.17) is 14.2 Å². The van der Waals surface area contributed by atoms with Crippen molar-refractivity contribution < 1.29 is 29.2 Å². The number of nitrogens with one attached hydrogen (secondary N) is 1. The molecule has 2 aliphatic carbocycles. The normalized spacial score (nSPS) is 48.2. The summed E-state index contributed by atoms with van der Waals surface area (Å²) >= 11 is 0. The van der Waals surface area contributed by atoms with Crippen LogP contribution in [0.25, 0.3) is 0 Å². The molecule has 5 rings (SSSR count). The Morgan fingerprint density at radius 2 is 2.00 bits per heavy atom. The second-order valence-electron chi connectivity index (χ2n) is 12.2. The number of carbonyl (C=O) groups excluding carboxylic acids is 1. The van der Waals surface area contributed by atoms with Crippen molar-refractivity contribution in [2.75, 3.05) is 33.3 Å². The van der Waals surface area contributed by atoms with Crippen LogP contribution in [0, 0.1) is 29.6 Å². The van der Waals surface area contributed by atoms with Gasteiger partial charge in [0.05, 0.1) is 18.3 Å². The second-order valence-corrected chi connectivity index (χ2v) is 12.2. The predicted octanol–water partition coefficient (Wildman–Crippen LogP) is 1.90. The summed E-state index contributed by atoms with van der Waals surface area (Å²) in [6.07, 6.45) is 6.52. The molecule has 8 heteroatoms. The largest absolute Gasteiger partial charge is 0.457 e. The first-order valence-corrected chi connectivity index (χ1v) is 14.3. The first kappa shape index (κ1) is 27.3. The van der Waals surface area contributed by atoms with Crippen molar-refractivity contribution in [1.29, 1.82) is 0 Å². The van der Waals surface area contributed by atoms with Crippen molar-refractivity contribution in [3.05, 3.63) is 23.8 Å². The van der Waals surface area contributed by atoms with E-state index in [0.29, 0.717) is 6.42 Å². The number of esters is 1. The Kier molecular flexibility index (Phi) is 7.89. The molecule has 0 aromatic heterocycles. The topological polar surface area (TPSA) is 100 Å². The lowest BCUT2D eigenvalue weighted by atomic mass is 9.57. The first-order valence-electron chi connectivity index (χ1n) is 14.3. The number of hydrogen-bond acceptors (Lipinski definition) is 8. The third-order valence-corrected chi connectivity index (χ3v) is 9.96. The zero-order chi connectivity index (χ0) is 26.5. The number of aliphatic hydroxyl groups excluding tert-OH is 2. The summed E-state index contributed by atoms with van der Waals surface area (Å²) in [6, 6.07) is 0.0376. The Balaban J connectivity index is 1.49. The van der Waals surface area contributed by atoms with Gasteiger partial charge in [0.15, 0.2) is 6.10 Å². The van der Waals surface area contributed by atoms with Gasteiger partial charge < -0.3 is 34.6 Å². The van der Waals surface area contributed by atoms with Gasteiger partial charge in [-0.2, -0.15) is 0 Å². The summed E-state index contributed by atoms with van der Waals surface area (Å²) in [5, 5.41) is 26.0. The molecule has 0 radical (unpaired) electrons. The number of nitrogens with zero attached hydrogens (tertiary/aromatic N) is 1. The molecule has 3 N–H and O–H groups in total. The molecule has 3 fully saturated rings. The van der Waals surface area contributed by atoms with E-state index in [1.165, 1.54) is 33.0 Å². The van der Waals surface area contributed by atoms with Gasteiger partial charge >= 0.3 is 5.97 Å². The number of hydrogen-bond donors (Lipinski definition) is 3. The van der Waals surface area contributed by atoms with Gasteiger partial charge in [-0.3, -0.25) is 0 Å². The molecule has 1 unspecified atom stereocenters. The van der Waals surface area contributed by atoms with Crippen LogP contribution in [0.2, 0.25) is 0 Å². The first-order chi connectivity index (χ1) is 17.7. The monoisotopic (exact) mass is 518 g/mol. The third-order valence-electron chi connectivity index (χ3n) is 9.96. The SMILES string of the molecule is CO[C@H]1C[C@H]2C=C[C@H]3[C@H]4O[C@]2(/C(C)=C/[C@@H](C)[C@@H]([C@@H](C)O)OC1=O)[C@@H]3[C@H](O)C(C)[C@@H]4NCCN1CCCC1. The number of aliphatic hydroxyl groups is 2. The van der Waals surface area contributed by atoms with Crippen LogP contribution < -0.4 is 5.32 Å². The van der Waals surface area contributed by atoms with E-state index in [0.717, 1.165) is 18.7 Å².